The van der Waals surface area contributed by atoms with E-state index >= 15 is 0 Å². The van der Waals surface area contributed by atoms with Gasteiger partial charge in [0.25, 0.3) is 11.7 Å². The van der Waals surface area contributed by atoms with E-state index in [0.29, 0.717) is 42.3 Å². The average Bonchev–Trinajstić information content (AvgIpc) is 3.05. The molecule has 1 atom stereocenters. The number of likely N-dealkylation sites (tertiary alicyclic amines) is 1. The topological polar surface area (TPSA) is 79.3 Å². The Morgan fingerprint density at radius 1 is 1.15 bits per heavy atom. The number of methoxy groups -OCH3 is 1. The molecule has 1 heterocycles. The highest BCUT2D eigenvalue weighted by molar-refractivity contribution is 6.46. The van der Waals surface area contributed by atoms with Crippen molar-refractivity contribution in [3.63, 3.8) is 0 Å². The highest BCUT2D eigenvalue weighted by Crippen LogP contribution is 2.40. The van der Waals surface area contributed by atoms with Crippen LogP contribution in [-0.4, -0.2) is 67.5 Å². The van der Waals surface area contributed by atoms with Crippen molar-refractivity contribution in [2.75, 3.05) is 40.9 Å². The number of hydrogen-bond donors (Lipinski definition) is 1. The lowest BCUT2D eigenvalue weighted by Gasteiger charge is -2.27. The largest absolute Gasteiger partial charge is 0.507 e. The van der Waals surface area contributed by atoms with Gasteiger partial charge in [0.1, 0.15) is 17.3 Å². The minimum absolute atomic E-state index is 0.0796. The third kappa shape index (κ3) is 5.20. The lowest BCUT2D eigenvalue weighted by Crippen LogP contribution is -2.35. The number of nitrogens with zero attached hydrogens (tertiary/aromatic N) is 2. The van der Waals surface area contributed by atoms with Gasteiger partial charge < -0.3 is 24.4 Å². The van der Waals surface area contributed by atoms with Gasteiger partial charge in [-0.2, -0.15) is 0 Å². The number of ether oxygens (including phenoxy) is 2. The third-order valence-corrected chi connectivity index (χ3v) is 5.64. The van der Waals surface area contributed by atoms with Gasteiger partial charge in [0, 0.05) is 18.7 Å². The van der Waals surface area contributed by atoms with Crippen LogP contribution in [0.25, 0.3) is 5.76 Å². The number of amides is 1. The van der Waals surface area contributed by atoms with Gasteiger partial charge in [-0.25, -0.2) is 0 Å². The maximum Gasteiger partial charge on any atom is 0.295 e. The molecule has 1 fully saturated rings. The lowest BCUT2D eigenvalue weighted by molar-refractivity contribution is -0.140. The Labute approximate surface area is 195 Å². The first-order valence-corrected chi connectivity index (χ1v) is 11.1. The number of carbonyl (C=O) groups is 2. The van der Waals surface area contributed by atoms with Crippen LogP contribution in [-0.2, 0) is 9.59 Å². The molecule has 33 heavy (non-hydrogen) atoms. The number of benzene rings is 2. The van der Waals surface area contributed by atoms with Gasteiger partial charge in [0.15, 0.2) is 0 Å². The van der Waals surface area contributed by atoms with Gasteiger partial charge in [0.2, 0.25) is 0 Å². The molecule has 1 aliphatic rings. The van der Waals surface area contributed by atoms with Gasteiger partial charge in [-0.1, -0.05) is 19.1 Å². The maximum atomic E-state index is 13.1. The van der Waals surface area contributed by atoms with Crippen LogP contribution in [0.1, 0.15) is 36.1 Å². The van der Waals surface area contributed by atoms with Crippen LogP contribution in [0.4, 0.5) is 0 Å². The zero-order chi connectivity index (χ0) is 24.1. The molecule has 0 radical (unpaired) electrons. The van der Waals surface area contributed by atoms with Gasteiger partial charge in [-0.05, 0) is 68.9 Å². The normalized spacial score (nSPS) is 17.6. The van der Waals surface area contributed by atoms with Crippen LogP contribution in [0.3, 0.4) is 0 Å². The van der Waals surface area contributed by atoms with Gasteiger partial charge in [-0.3, -0.25) is 9.59 Å². The minimum atomic E-state index is -0.711. The molecule has 3 rings (SSSR count). The SMILES string of the molecule is CCCOc1cccc(C2/C(=C(\O)c3ccc(OC)c(C)c3)C(=O)C(=O)N2CCN(C)C)c1. The second kappa shape index (κ2) is 10.5. The van der Waals surface area contributed by atoms with Crippen molar-refractivity contribution in [2.45, 2.75) is 26.3 Å². The zero-order valence-electron chi connectivity index (χ0n) is 19.9. The number of aryl methyl sites for hydroxylation is 1. The molecule has 0 saturated carbocycles. The van der Waals surface area contributed by atoms with Crippen molar-refractivity contribution in [3.8, 4) is 11.5 Å². The molecule has 1 saturated heterocycles. The lowest BCUT2D eigenvalue weighted by atomic mass is 9.94. The minimum Gasteiger partial charge on any atom is -0.507 e. The highest BCUT2D eigenvalue weighted by atomic mass is 16.5. The number of hydrogen-bond acceptors (Lipinski definition) is 6. The summed E-state index contributed by atoms with van der Waals surface area (Å²) in [5, 5.41) is 11.2. The van der Waals surface area contributed by atoms with Crippen LogP contribution < -0.4 is 9.47 Å². The average molecular weight is 453 g/mol. The molecule has 1 amide bonds. The fourth-order valence-corrected chi connectivity index (χ4v) is 3.94. The van der Waals surface area contributed by atoms with Gasteiger partial charge in [-0.15, -0.1) is 0 Å². The van der Waals surface area contributed by atoms with E-state index in [-0.39, 0.29) is 11.3 Å². The Hall–Kier alpha value is -3.32. The van der Waals surface area contributed by atoms with Crippen LogP contribution in [0, 0.1) is 6.92 Å². The number of Topliss-reactive ketones (excluding diaryl/α,β-unsaturated/α-hetero) is 1. The summed E-state index contributed by atoms with van der Waals surface area (Å²) in [4.78, 5) is 29.7. The van der Waals surface area contributed by atoms with E-state index in [9.17, 15) is 14.7 Å². The molecule has 0 aromatic heterocycles. The van der Waals surface area contributed by atoms with Crippen molar-refractivity contribution >= 4 is 17.4 Å². The molecular formula is C26H32N2O5. The van der Waals surface area contributed by atoms with E-state index < -0.39 is 17.7 Å². The summed E-state index contributed by atoms with van der Waals surface area (Å²) >= 11 is 0. The molecule has 0 spiro atoms. The number of carbonyl (C=O) groups excluding carboxylic acids is 2. The first-order chi connectivity index (χ1) is 15.8. The van der Waals surface area contributed by atoms with Crippen LogP contribution in [0.15, 0.2) is 48.0 Å². The molecule has 0 bridgehead atoms. The van der Waals surface area contributed by atoms with E-state index in [1.54, 1.807) is 25.3 Å². The predicted octanol–water partition coefficient (Wildman–Crippen LogP) is 3.78. The van der Waals surface area contributed by atoms with E-state index in [2.05, 4.69) is 0 Å². The van der Waals surface area contributed by atoms with Crippen LogP contribution >= 0.6 is 0 Å². The fourth-order valence-electron chi connectivity index (χ4n) is 3.94. The number of aliphatic hydroxyl groups excluding tert-OH is 1. The standard InChI is InChI=1S/C26H32N2O5/c1-6-14-33-20-9-7-8-18(16-20)23-22(25(30)26(31)28(23)13-12-27(3)4)24(29)19-10-11-21(32-5)17(2)15-19/h7-11,15-16,23,29H,6,12-14H2,1-5H3/b24-22+. The van der Waals surface area contributed by atoms with Gasteiger partial charge >= 0.3 is 0 Å². The third-order valence-electron chi connectivity index (χ3n) is 5.64. The van der Waals surface area contributed by atoms with Gasteiger partial charge in [0.05, 0.1) is 25.3 Å². The number of ketones is 1. The monoisotopic (exact) mass is 452 g/mol. The fraction of sp³-hybridized carbons (Fsp3) is 0.385. The van der Waals surface area contributed by atoms with E-state index in [4.69, 9.17) is 9.47 Å². The van der Waals surface area contributed by atoms with Crippen molar-refractivity contribution in [1.82, 2.24) is 9.80 Å². The van der Waals surface area contributed by atoms with Crippen molar-refractivity contribution in [2.24, 2.45) is 0 Å². The molecule has 1 N–H and O–H groups in total. The summed E-state index contributed by atoms with van der Waals surface area (Å²) in [6, 6.07) is 11.8. The van der Waals surface area contributed by atoms with Crippen LogP contribution in [0.2, 0.25) is 0 Å². The molecule has 7 heteroatoms. The Morgan fingerprint density at radius 3 is 2.55 bits per heavy atom. The van der Waals surface area contributed by atoms with Crippen molar-refractivity contribution in [3.05, 3.63) is 64.7 Å². The summed E-state index contributed by atoms with van der Waals surface area (Å²) < 4.78 is 11.1. The molecule has 2 aromatic rings. The van der Waals surface area contributed by atoms with E-state index in [1.165, 1.54) is 4.90 Å². The number of aliphatic hydroxyl groups is 1. The molecular weight excluding hydrogens is 420 g/mol. The van der Waals surface area contributed by atoms with E-state index in [0.717, 1.165) is 12.0 Å². The Kier molecular flexibility index (Phi) is 7.76. The molecule has 2 aromatic carbocycles. The number of likely N-dealkylation sites (N-methyl/N-ethyl adjacent to an activating group) is 1. The summed E-state index contributed by atoms with van der Waals surface area (Å²) in [7, 11) is 5.39. The summed E-state index contributed by atoms with van der Waals surface area (Å²) in [6.07, 6.45) is 0.863. The highest BCUT2D eigenvalue weighted by Gasteiger charge is 2.46. The second-order valence-corrected chi connectivity index (χ2v) is 8.40. The summed E-state index contributed by atoms with van der Waals surface area (Å²) in [5.41, 5.74) is 2.07. The quantitative estimate of drug-likeness (QED) is 0.354. The molecule has 176 valence electrons. The van der Waals surface area contributed by atoms with E-state index in [1.807, 2.05) is 57.1 Å². The van der Waals surface area contributed by atoms with Crippen molar-refractivity contribution in [1.29, 1.82) is 0 Å². The van der Waals surface area contributed by atoms with Crippen LogP contribution in [0.5, 0.6) is 11.5 Å². The zero-order valence-corrected chi connectivity index (χ0v) is 19.9. The molecule has 0 aliphatic carbocycles. The Bertz CT molecular complexity index is 1060. The Balaban J connectivity index is 2.13. The second-order valence-electron chi connectivity index (χ2n) is 8.40. The molecule has 1 unspecified atom stereocenters. The molecule has 7 nitrogen and oxygen atoms in total. The Morgan fingerprint density at radius 2 is 1.91 bits per heavy atom. The first-order valence-electron chi connectivity index (χ1n) is 11.1. The van der Waals surface area contributed by atoms with Crippen molar-refractivity contribution < 1.29 is 24.2 Å². The smallest absolute Gasteiger partial charge is 0.295 e. The molecule has 1 aliphatic heterocycles. The summed E-state index contributed by atoms with van der Waals surface area (Å²) in [5.74, 6) is -0.169. The maximum absolute atomic E-state index is 13.1. The predicted molar refractivity (Wildman–Crippen MR) is 128 cm³/mol. The summed E-state index contributed by atoms with van der Waals surface area (Å²) in [6.45, 7) is 5.38. The first kappa shape index (κ1) is 24.3. The number of rotatable bonds is 9.